The van der Waals surface area contributed by atoms with Gasteiger partial charge >= 0.3 is 0 Å². The SMILES string of the molecule is CSc1nnc2n(CCc3ccccc3)c(=O)c3c4c(sc3n12)COC(C(C)C)C4. The summed E-state index contributed by atoms with van der Waals surface area (Å²) in [5.74, 6) is 1.03. The molecule has 4 aromatic rings. The molecule has 8 heteroatoms. The van der Waals surface area contributed by atoms with Gasteiger partial charge in [-0.3, -0.25) is 9.36 Å². The standard InChI is InChI=1S/C22H24N4O2S2/c1-13(2)16-11-15-17(12-28-16)30-20-18(15)19(27)25(10-9-14-7-5-4-6-8-14)21-23-24-22(29-3)26(20)21/h4-8,13,16H,9-12H2,1-3H3. The first kappa shape index (κ1) is 19.8. The minimum Gasteiger partial charge on any atom is -0.372 e. The minimum absolute atomic E-state index is 0.0374. The Morgan fingerprint density at radius 1 is 1.27 bits per heavy atom. The summed E-state index contributed by atoms with van der Waals surface area (Å²) in [6.45, 7) is 5.49. The maximum atomic E-state index is 13.7. The average molecular weight is 441 g/mol. The lowest BCUT2D eigenvalue weighted by Gasteiger charge is -2.26. The molecule has 5 rings (SSSR count). The quantitative estimate of drug-likeness (QED) is 0.436. The summed E-state index contributed by atoms with van der Waals surface area (Å²) < 4.78 is 9.93. The maximum Gasteiger partial charge on any atom is 0.263 e. The molecule has 0 spiro atoms. The van der Waals surface area contributed by atoms with E-state index >= 15 is 0 Å². The van der Waals surface area contributed by atoms with E-state index in [0.29, 0.717) is 24.8 Å². The number of aryl methyl sites for hydroxylation is 2. The Bertz CT molecular complexity index is 1270. The Morgan fingerprint density at radius 2 is 2.07 bits per heavy atom. The molecule has 1 atom stereocenters. The van der Waals surface area contributed by atoms with Gasteiger partial charge in [0.15, 0.2) is 5.16 Å². The molecular weight excluding hydrogens is 416 g/mol. The van der Waals surface area contributed by atoms with E-state index in [1.165, 1.54) is 5.56 Å². The molecule has 0 amide bonds. The summed E-state index contributed by atoms with van der Waals surface area (Å²) in [6.07, 6.45) is 3.69. The first-order valence-electron chi connectivity index (χ1n) is 10.2. The second-order valence-corrected chi connectivity index (χ2v) is 9.85. The fourth-order valence-corrected chi connectivity index (χ4v) is 5.92. The summed E-state index contributed by atoms with van der Waals surface area (Å²) in [5, 5.41) is 10.4. The molecule has 1 aliphatic heterocycles. The van der Waals surface area contributed by atoms with E-state index < -0.39 is 0 Å². The molecule has 6 nitrogen and oxygen atoms in total. The lowest BCUT2D eigenvalue weighted by atomic mass is 9.96. The smallest absolute Gasteiger partial charge is 0.263 e. The van der Waals surface area contributed by atoms with Crippen LogP contribution in [-0.2, 0) is 30.7 Å². The van der Waals surface area contributed by atoms with Gasteiger partial charge in [0.25, 0.3) is 5.56 Å². The summed E-state index contributed by atoms with van der Waals surface area (Å²) in [6, 6.07) is 10.3. The van der Waals surface area contributed by atoms with E-state index in [4.69, 9.17) is 4.74 Å². The van der Waals surface area contributed by atoms with Crippen molar-refractivity contribution in [3.8, 4) is 0 Å². The van der Waals surface area contributed by atoms with Crippen molar-refractivity contribution in [2.45, 2.75) is 51.1 Å². The van der Waals surface area contributed by atoms with E-state index in [9.17, 15) is 4.79 Å². The third-order valence-electron chi connectivity index (χ3n) is 5.82. The number of thioether (sulfide) groups is 1. The van der Waals surface area contributed by atoms with Crippen molar-refractivity contribution < 1.29 is 4.74 Å². The molecule has 3 aromatic heterocycles. The van der Waals surface area contributed by atoms with Crippen LogP contribution in [0.3, 0.4) is 0 Å². The van der Waals surface area contributed by atoms with Crippen molar-refractivity contribution in [3.63, 3.8) is 0 Å². The van der Waals surface area contributed by atoms with Gasteiger partial charge in [-0.25, -0.2) is 4.40 Å². The van der Waals surface area contributed by atoms with Crippen molar-refractivity contribution in [2.75, 3.05) is 6.26 Å². The number of thiophene rings is 1. The highest BCUT2D eigenvalue weighted by atomic mass is 32.2. The van der Waals surface area contributed by atoms with Gasteiger partial charge in [0.05, 0.1) is 18.1 Å². The first-order chi connectivity index (χ1) is 14.6. The van der Waals surface area contributed by atoms with E-state index in [-0.39, 0.29) is 11.7 Å². The molecule has 4 heterocycles. The highest BCUT2D eigenvalue weighted by Crippen LogP contribution is 2.37. The summed E-state index contributed by atoms with van der Waals surface area (Å²) in [4.78, 5) is 15.8. The fourth-order valence-electron chi connectivity index (χ4n) is 4.14. The van der Waals surface area contributed by atoms with Gasteiger partial charge in [0, 0.05) is 17.8 Å². The van der Waals surface area contributed by atoms with Crippen LogP contribution in [0.2, 0.25) is 0 Å². The molecule has 0 saturated heterocycles. The summed E-state index contributed by atoms with van der Waals surface area (Å²) in [7, 11) is 0. The normalized spacial score (nSPS) is 16.6. The molecule has 1 aliphatic rings. The number of nitrogens with zero attached hydrogens (tertiary/aromatic N) is 4. The molecule has 0 saturated carbocycles. The van der Waals surface area contributed by atoms with Gasteiger partial charge in [-0.1, -0.05) is 55.9 Å². The topological polar surface area (TPSA) is 61.4 Å². The van der Waals surface area contributed by atoms with Crippen molar-refractivity contribution in [2.24, 2.45) is 5.92 Å². The lowest BCUT2D eigenvalue weighted by Crippen LogP contribution is -2.29. The van der Waals surface area contributed by atoms with E-state index in [1.807, 2.05) is 24.5 Å². The number of aromatic nitrogens is 4. The first-order valence-corrected chi connectivity index (χ1v) is 12.2. The zero-order valence-corrected chi connectivity index (χ0v) is 18.9. The average Bonchev–Trinajstić information content (AvgIpc) is 3.35. The van der Waals surface area contributed by atoms with E-state index in [2.05, 4.69) is 40.6 Å². The molecule has 1 aromatic carbocycles. The lowest BCUT2D eigenvalue weighted by molar-refractivity contribution is 0.00200. The monoisotopic (exact) mass is 440 g/mol. The van der Waals surface area contributed by atoms with Crippen LogP contribution in [0.4, 0.5) is 0 Å². The van der Waals surface area contributed by atoms with Crippen LogP contribution >= 0.6 is 23.1 Å². The second-order valence-electron chi connectivity index (χ2n) is 8.00. The van der Waals surface area contributed by atoms with E-state index in [1.54, 1.807) is 27.7 Å². The molecule has 30 heavy (non-hydrogen) atoms. The third-order valence-corrected chi connectivity index (χ3v) is 7.64. The minimum atomic E-state index is 0.0374. The number of hydrogen-bond donors (Lipinski definition) is 0. The molecule has 0 radical (unpaired) electrons. The van der Waals surface area contributed by atoms with Crippen LogP contribution in [0.5, 0.6) is 0 Å². The van der Waals surface area contributed by atoms with Gasteiger partial charge in [0.1, 0.15) is 4.83 Å². The molecule has 1 unspecified atom stereocenters. The van der Waals surface area contributed by atoms with Crippen molar-refractivity contribution in [1.29, 1.82) is 0 Å². The number of hydrogen-bond acceptors (Lipinski definition) is 6. The fraction of sp³-hybridized carbons (Fsp3) is 0.409. The number of fused-ring (bicyclic) bond motifs is 5. The largest absolute Gasteiger partial charge is 0.372 e. The van der Waals surface area contributed by atoms with Gasteiger partial charge in [-0.2, -0.15) is 0 Å². The zero-order valence-electron chi connectivity index (χ0n) is 17.3. The van der Waals surface area contributed by atoms with Gasteiger partial charge in [-0.05, 0) is 29.7 Å². The number of benzene rings is 1. The summed E-state index contributed by atoms with van der Waals surface area (Å²) >= 11 is 3.20. The van der Waals surface area contributed by atoms with Gasteiger partial charge < -0.3 is 4.74 Å². The van der Waals surface area contributed by atoms with Crippen molar-refractivity contribution in [3.05, 3.63) is 56.7 Å². The predicted molar refractivity (Wildman–Crippen MR) is 122 cm³/mol. The molecule has 0 bridgehead atoms. The van der Waals surface area contributed by atoms with Crippen molar-refractivity contribution >= 4 is 39.1 Å². The van der Waals surface area contributed by atoms with Gasteiger partial charge in [-0.15, -0.1) is 21.5 Å². The predicted octanol–water partition coefficient (Wildman–Crippen LogP) is 4.17. The Balaban J connectivity index is 1.71. The Labute approximate surface area is 182 Å². The Kier molecular flexibility index (Phi) is 5.16. The van der Waals surface area contributed by atoms with Crippen LogP contribution < -0.4 is 5.56 Å². The van der Waals surface area contributed by atoms with Gasteiger partial charge in [0.2, 0.25) is 5.78 Å². The van der Waals surface area contributed by atoms with Crippen molar-refractivity contribution in [1.82, 2.24) is 19.2 Å². The highest BCUT2D eigenvalue weighted by Gasteiger charge is 2.29. The van der Waals surface area contributed by atoms with E-state index in [0.717, 1.165) is 38.7 Å². The number of ether oxygens (including phenoxy) is 1. The van der Waals surface area contributed by atoms with Crippen LogP contribution in [-0.4, -0.2) is 31.5 Å². The Hall–Kier alpha value is -2.16. The van der Waals surface area contributed by atoms with Crippen LogP contribution in [0, 0.1) is 5.92 Å². The number of rotatable bonds is 5. The molecule has 0 N–H and O–H groups in total. The Morgan fingerprint density at radius 3 is 2.80 bits per heavy atom. The highest BCUT2D eigenvalue weighted by molar-refractivity contribution is 7.98. The molecular formula is C22H24N4O2S2. The van der Waals surface area contributed by atoms with Crippen LogP contribution in [0.15, 0.2) is 40.3 Å². The second kappa shape index (κ2) is 7.83. The molecule has 0 fully saturated rings. The third kappa shape index (κ3) is 3.18. The van der Waals surface area contributed by atoms with Crippen LogP contribution in [0.25, 0.3) is 16.0 Å². The van der Waals surface area contributed by atoms with Crippen LogP contribution in [0.1, 0.15) is 29.9 Å². The zero-order chi connectivity index (χ0) is 20.8. The molecule has 0 aliphatic carbocycles. The maximum absolute atomic E-state index is 13.7. The molecule has 156 valence electrons. The summed E-state index contributed by atoms with van der Waals surface area (Å²) in [5.41, 5.74) is 2.39.